The number of benzene rings is 1. The summed E-state index contributed by atoms with van der Waals surface area (Å²) in [5.41, 5.74) is 1.68. The summed E-state index contributed by atoms with van der Waals surface area (Å²) >= 11 is 1.57. The van der Waals surface area contributed by atoms with Crippen molar-refractivity contribution in [2.75, 3.05) is 31.5 Å². The van der Waals surface area contributed by atoms with Crippen LogP contribution in [0.1, 0.15) is 37.8 Å². The third-order valence-corrected chi connectivity index (χ3v) is 5.76. The Kier molecular flexibility index (Phi) is 10.0. The smallest absolute Gasteiger partial charge is 0.321 e. The largest absolute Gasteiger partial charge is 0.384 e. The minimum absolute atomic E-state index is 0. The molecule has 31 heavy (non-hydrogen) atoms. The number of nitrogens with zero attached hydrogens (tertiary/aromatic N) is 2. The highest BCUT2D eigenvalue weighted by atomic mass is 127. The number of anilines is 1. The maximum absolute atomic E-state index is 12.3. The summed E-state index contributed by atoms with van der Waals surface area (Å²) in [6.07, 6.45) is 2.14. The fraction of sp³-hybridized carbons (Fsp3) is 0.455. The number of guanidine groups is 1. The molecule has 1 saturated heterocycles. The Hall–Kier alpha value is -1.85. The molecular formula is C22H32IN5O2S. The highest BCUT2D eigenvalue weighted by Gasteiger charge is 2.23. The number of hydrogen-bond donors (Lipinski definition) is 4. The SMILES string of the molecule is CCNC(=NCc1cccc(NC(=O)N2CCCC2)c1)NCC(C)(O)c1ccsc1.I. The Labute approximate surface area is 205 Å². The lowest BCUT2D eigenvalue weighted by molar-refractivity contribution is 0.0621. The Morgan fingerprint density at radius 2 is 2.03 bits per heavy atom. The molecule has 1 aromatic heterocycles. The molecule has 0 radical (unpaired) electrons. The second-order valence-corrected chi connectivity index (χ2v) is 8.44. The van der Waals surface area contributed by atoms with Crippen LogP contribution in [0.3, 0.4) is 0 Å². The average molecular weight is 558 g/mol. The van der Waals surface area contributed by atoms with E-state index < -0.39 is 5.60 Å². The average Bonchev–Trinajstić information content (AvgIpc) is 3.45. The molecule has 1 atom stereocenters. The van der Waals surface area contributed by atoms with Crippen LogP contribution in [0.2, 0.25) is 0 Å². The monoisotopic (exact) mass is 557 g/mol. The van der Waals surface area contributed by atoms with Gasteiger partial charge in [-0.2, -0.15) is 11.3 Å². The Balaban J connectivity index is 0.00000341. The molecule has 1 aromatic carbocycles. The number of thiophene rings is 1. The number of urea groups is 1. The Morgan fingerprint density at radius 3 is 2.71 bits per heavy atom. The molecule has 1 aliphatic heterocycles. The molecule has 1 aliphatic rings. The van der Waals surface area contributed by atoms with Gasteiger partial charge in [0.2, 0.25) is 0 Å². The number of nitrogens with one attached hydrogen (secondary N) is 3. The van der Waals surface area contributed by atoms with E-state index in [9.17, 15) is 9.90 Å². The Bertz CT molecular complexity index is 851. The first kappa shape index (κ1) is 25.4. The van der Waals surface area contributed by atoms with Gasteiger partial charge in [0.1, 0.15) is 5.60 Å². The van der Waals surface area contributed by atoms with E-state index in [1.807, 2.05) is 52.9 Å². The summed E-state index contributed by atoms with van der Waals surface area (Å²) in [5.74, 6) is 0.638. The van der Waals surface area contributed by atoms with Gasteiger partial charge in [-0.15, -0.1) is 24.0 Å². The van der Waals surface area contributed by atoms with E-state index in [1.54, 1.807) is 18.3 Å². The summed E-state index contributed by atoms with van der Waals surface area (Å²) in [6.45, 7) is 6.97. The minimum atomic E-state index is -0.976. The first-order chi connectivity index (χ1) is 14.5. The molecule has 4 N–H and O–H groups in total. The number of aliphatic imine (C=N–C) groups is 1. The second kappa shape index (κ2) is 12.3. The zero-order chi connectivity index (χ0) is 21.4. The van der Waals surface area contributed by atoms with Crippen molar-refractivity contribution < 1.29 is 9.90 Å². The summed E-state index contributed by atoms with van der Waals surface area (Å²) in [5, 5.41) is 24.0. The molecule has 1 fully saturated rings. The topological polar surface area (TPSA) is 89.0 Å². The number of amides is 2. The van der Waals surface area contributed by atoms with E-state index >= 15 is 0 Å². The van der Waals surface area contributed by atoms with E-state index in [0.29, 0.717) is 19.0 Å². The highest BCUT2D eigenvalue weighted by molar-refractivity contribution is 14.0. The van der Waals surface area contributed by atoms with E-state index in [2.05, 4.69) is 20.9 Å². The van der Waals surface area contributed by atoms with Crippen molar-refractivity contribution in [2.24, 2.45) is 4.99 Å². The molecule has 0 bridgehead atoms. The summed E-state index contributed by atoms with van der Waals surface area (Å²) in [6, 6.07) is 9.63. The van der Waals surface area contributed by atoms with Crippen molar-refractivity contribution in [3.05, 3.63) is 52.2 Å². The van der Waals surface area contributed by atoms with E-state index in [1.165, 1.54) is 0 Å². The molecule has 2 aromatic rings. The fourth-order valence-electron chi connectivity index (χ4n) is 3.31. The van der Waals surface area contributed by atoms with Crippen molar-refractivity contribution in [3.63, 3.8) is 0 Å². The standard InChI is InChI=1S/C22H31N5O2S.HI/c1-3-23-20(25-16-22(2,29)18-9-12-30-15-18)24-14-17-7-6-8-19(13-17)26-21(28)27-10-4-5-11-27;/h6-9,12-13,15,29H,3-5,10-11,14,16H2,1-2H3,(H,26,28)(H2,23,24,25);1H. The summed E-state index contributed by atoms with van der Waals surface area (Å²) in [4.78, 5) is 18.8. The van der Waals surface area contributed by atoms with Crippen molar-refractivity contribution in [1.29, 1.82) is 0 Å². The summed E-state index contributed by atoms with van der Waals surface area (Å²) in [7, 11) is 0. The van der Waals surface area contributed by atoms with Crippen LogP contribution in [0.25, 0.3) is 0 Å². The maximum Gasteiger partial charge on any atom is 0.321 e. The van der Waals surface area contributed by atoms with Crippen LogP contribution in [-0.4, -0.2) is 48.2 Å². The van der Waals surface area contributed by atoms with Crippen molar-refractivity contribution in [3.8, 4) is 0 Å². The summed E-state index contributed by atoms with van der Waals surface area (Å²) < 4.78 is 0. The van der Waals surface area contributed by atoms with Gasteiger partial charge in [-0.25, -0.2) is 9.79 Å². The highest BCUT2D eigenvalue weighted by Crippen LogP contribution is 2.22. The van der Waals surface area contributed by atoms with Crippen LogP contribution in [0.15, 0.2) is 46.1 Å². The molecule has 2 heterocycles. The molecule has 9 heteroatoms. The van der Waals surface area contributed by atoms with Crippen molar-refractivity contribution >= 4 is 53.0 Å². The van der Waals surface area contributed by atoms with Crippen LogP contribution in [0.4, 0.5) is 10.5 Å². The molecule has 0 saturated carbocycles. The van der Waals surface area contributed by atoms with Gasteiger partial charge in [-0.1, -0.05) is 12.1 Å². The van der Waals surface area contributed by atoms with E-state index in [4.69, 9.17) is 0 Å². The van der Waals surface area contributed by atoms with Crippen molar-refractivity contribution in [2.45, 2.75) is 38.8 Å². The molecule has 7 nitrogen and oxygen atoms in total. The van der Waals surface area contributed by atoms with Crippen LogP contribution in [-0.2, 0) is 12.1 Å². The van der Waals surface area contributed by atoms with Crippen LogP contribution in [0.5, 0.6) is 0 Å². The maximum atomic E-state index is 12.3. The first-order valence-electron chi connectivity index (χ1n) is 10.4. The lowest BCUT2D eigenvalue weighted by Crippen LogP contribution is -2.44. The number of likely N-dealkylation sites (tertiary alicyclic amines) is 1. The van der Waals surface area contributed by atoms with Crippen molar-refractivity contribution in [1.82, 2.24) is 15.5 Å². The molecule has 2 amide bonds. The zero-order valence-electron chi connectivity index (χ0n) is 18.1. The molecular weight excluding hydrogens is 525 g/mol. The number of aliphatic hydroxyl groups is 1. The number of halogens is 1. The molecule has 0 spiro atoms. The zero-order valence-corrected chi connectivity index (χ0v) is 21.2. The minimum Gasteiger partial charge on any atom is -0.384 e. The lowest BCUT2D eigenvalue weighted by Gasteiger charge is -2.24. The normalized spacial score (nSPS) is 15.7. The molecule has 1 unspecified atom stereocenters. The number of rotatable bonds is 7. The second-order valence-electron chi connectivity index (χ2n) is 7.66. The van der Waals surface area contributed by atoms with Gasteiger partial charge in [0.15, 0.2) is 5.96 Å². The third-order valence-electron chi connectivity index (χ3n) is 5.08. The predicted octanol–water partition coefficient (Wildman–Crippen LogP) is 3.96. The number of carbonyl (C=O) groups is 1. The molecule has 3 rings (SSSR count). The van der Waals surface area contributed by atoms with Gasteiger partial charge in [0, 0.05) is 25.3 Å². The fourth-order valence-corrected chi connectivity index (χ4v) is 4.09. The molecule has 0 aliphatic carbocycles. The van der Waals surface area contributed by atoms with Gasteiger partial charge in [0.05, 0.1) is 13.1 Å². The van der Waals surface area contributed by atoms with E-state index in [-0.39, 0.29) is 30.0 Å². The predicted molar refractivity (Wildman–Crippen MR) is 138 cm³/mol. The quantitative estimate of drug-likeness (QED) is 0.236. The Morgan fingerprint density at radius 1 is 1.26 bits per heavy atom. The van der Waals surface area contributed by atoms with Gasteiger partial charge in [0.25, 0.3) is 0 Å². The van der Waals surface area contributed by atoms with E-state index in [0.717, 1.165) is 49.3 Å². The van der Waals surface area contributed by atoms with Crippen LogP contribution >= 0.6 is 35.3 Å². The number of hydrogen-bond acceptors (Lipinski definition) is 4. The van der Waals surface area contributed by atoms with Crippen LogP contribution in [0, 0.1) is 0 Å². The number of carbonyl (C=O) groups excluding carboxylic acids is 1. The van der Waals surface area contributed by atoms with Gasteiger partial charge < -0.3 is 26.0 Å². The van der Waals surface area contributed by atoms with Crippen LogP contribution < -0.4 is 16.0 Å². The van der Waals surface area contributed by atoms with Gasteiger partial charge in [-0.05, 0) is 66.8 Å². The van der Waals surface area contributed by atoms with Gasteiger partial charge >= 0.3 is 6.03 Å². The third kappa shape index (κ3) is 7.65. The lowest BCUT2D eigenvalue weighted by atomic mass is 9.99. The molecule has 170 valence electrons. The van der Waals surface area contributed by atoms with Gasteiger partial charge in [-0.3, -0.25) is 0 Å². The first-order valence-corrected chi connectivity index (χ1v) is 11.3.